The minimum atomic E-state index is 0.842. The van der Waals surface area contributed by atoms with E-state index < -0.39 is 0 Å². The van der Waals surface area contributed by atoms with Crippen molar-refractivity contribution in [2.24, 2.45) is 11.7 Å². The second-order valence-corrected chi connectivity index (χ2v) is 1.67. The maximum Gasteiger partial charge on any atom is 0.0100 e. The standard InChI is InChI=1S/C5H14N4/c6-8-4-2-1-3-5-9-7/h2,4,8-9H,1,3,5-7H2. The molecule has 0 heterocycles. The van der Waals surface area contributed by atoms with Crippen molar-refractivity contribution in [2.75, 3.05) is 6.54 Å². The van der Waals surface area contributed by atoms with E-state index >= 15 is 0 Å². The van der Waals surface area contributed by atoms with Gasteiger partial charge in [-0.05, 0) is 12.8 Å². The molecule has 0 saturated heterocycles. The molecule has 0 radical (unpaired) electrons. The summed E-state index contributed by atoms with van der Waals surface area (Å²) < 4.78 is 0. The Kier molecular flexibility index (Phi) is 6.94. The molecule has 0 saturated carbocycles. The van der Waals surface area contributed by atoms with Gasteiger partial charge in [0.15, 0.2) is 0 Å². The molecule has 0 aliphatic carbocycles. The Morgan fingerprint density at radius 2 is 2.11 bits per heavy atom. The Bertz CT molecular complexity index is 71.4. The summed E-state index contributed by atoms with van der Waals surface area (Å²) >= 11 is 0. The number of hydrazine groups is 2. The summed E-state index contributed by atoms with van der Waals surface area (Å²) in [5, 5.41) is 0. The summed E-state index contributed by atoms with van der Waals surface area (Å²) in [5.41, 5.74) is 4.97. The number of unbranched alkanes of at least 4 members (excludes halogenated alkanes) is 1. The third-order valence-corrected chi connectivity index (χ3v) is 0.906. The Labute approximate surface area is 55.2 Å². The van der Waals surface area contributed by atoms with Gasteiger partial charge < -0.3 is 5.43 Å². The van der Waals surface area contributed by atoms with Crippen LogP contribution in [0.5, 0.6) is 0 Å². The lowest BCUT2D eigenvalue weighted by Crippen LogP contribution is -2.22. The molecule has 0 bridgehead atoms. The molecule has 0 aliphatic rings. The lowest BCUT2D eigenvalue weighted by Gasteiger charge is -1.92. The minimum Gasteiger partial charge on any atom is -0.332 e. The lowest BCUT2D eigenvalue weighted by atomic mass is 10.3. The highest BCUT2D eigenvalue weighted by atomic mass is 15.2. The van der Waals surface area contributed by atoms with E-state index in [0.717, 1.165) is 19.4 Å². The summed E-state index contributed by atoms with van der Waals surface area (Å²) in [4.78, 5) is 0. The number of rotatable bonds is 5. The van der Waals surface area contributed by atoms with Crippen LogP contribution in [0.25, 0.3) is 0 Å². The van der Waals surface area contributed by atoms with Crippen molar-refractivity contribution >= 4 is 0 Å². The smallest absolute Gasteiger partial charge is 0.0100 e. The van der Waals surface area contributed by atoms with Crippen molar-refractivity contribution in [3.63, 3.8) is 0 Å². The first-order valence-corrected chi connectivity index (χ1v) is 2.96. The Hall–Kier alpha value is -0.580. The predicted molar refractivity (Wildman–Crippen MR) is 37.9 cm³/mol. The number of nitrogens with two attached hydrogens (primary N) is 2. The van der Waals surface area contributed by atoms with Crippen LogP contribution >= 0.6 is 0 Å². The SMILES string of the molecule is NNC=CCCCNN. The van der Waals surface area contributed by atoms with Crippen LogP contribution in [0.2, 0.25) is 0 Å². The predicted octanol–water partition coefficient (Wildman–Crippen LogP) is -0.793. The van der Waals surface area contributed by atoms with Gasteiger partial charge >= 0.3 is 0 Å². The number of hydrogen-bond donors (Lipinski definition) is 4. The highest BCUT2D eigenvalue weighted by Crippen LogP contribution is 1.85. The first-order chi connectivity index (χ1) is 4.41. The molecular formula is C5H14N4. The zero-order valence-corrected chi connectivity index (χ0v) is 5.43. The summed E-state index contributed by atoms with van der Waals surface area (Å²) in [5.74, 6) is 9.99. The van der Waals surface area contributed by atoms with Crippen molar-refractivity contribution in [1.29, 1.82) is 0 Å². The number of nitrogens with one attached hydrogen (secondary N) is 2. The fraction of sp³-hybridized carbons (Fsp3) is 0.600. The lowest BCUT2D eigenvalue weighted by molar-refractivity contribution is 0.686. The molecule has 0 rings (SSSR count). The molecule has 0 aromatic rings. The van der Waals surface area contributed by atoms with E-state index in [1.807, 2.05) is 6.08 Å². The first-order valence-electron chi connectivity index (χ1n) is 2.96. The molecule has 54 valence electrons. The van der Waals surface area contributed by atoms with Gasteiger partial charge in [-0.2, -0.15) is 0 Å². The zero-order valence-electron chi connectivity index (χ0n) is 5.43. The van der Waals surface area contributed by atoms with Crippen molar-refractivity contribution in [3.05, 3.63) is 12.3 Å². The second kappa shape index (κ2) is 7.42. The van der Waals surface area contributed by atoms with Gasteiger partial charge in [-0.3, -0.25) is 17.1 Å². The van der Waals surface area contributed by atoms with Crippen LogP contribution in [-0.2, 0) is 0 Å². The molecule has 0 spiro atoms. The van der Waals surface area contributed by atoms with Crippen LogP contribution in [-0.4, -0.2) is 6.54 Å². The van der Waals surface area contributed by atoms with E-state index in [2.05, 4.69) is 10.9 Å². The van der Waals surface area contributed by atoms with Gasteiger partial charge in [-0.25, -0.2) is 0 Å². The van der Waals surface area contributed by atoms with Gasteiger partial charge in [-0.1, -0.05) is 6.08 Å². The van der Waals surface area contributed by atoms with E-state index in [0.29, 0.717) is 0 Å². The molecule has 6 N–H and O–H groups in total. The summed E-state index contributed by atoms with van der Waals surface area (Å²) in [6, 6.07) is 0. The molecule has 0 amide bonds. The van der Waals surface area contributed by atoms with E-state index in [-0.39, 0.29) is 0 Å². The van der Waals surface area contributed by atoms with E-state index in [1.165, 1.54) is 0 Å². The summed E-state index contributed by atoms with van der Waals surface area (Å²) in [7, 11) is 0. The molecule has 0 atom stereocenters. The van der Waals surface area contributed by atoms with Crippen LogP contribution in [0.3, 0.4) is 0 Å². The zero-order chi connectivity index (χ0) is 6.95. The van der Waals surface area contributed by atoms with Gasteiger partial charge in [-0.15, -0.1) is 0 Å². The van der Waals surface area contributed by atoms with E-state index in [9.17, 15) is 0 Å². The van der Waals surface area contributed by atoms with Crippen LogP contribution in [0, 0.1) is 0 Å². The fourth-order valence-electron chi connectivity index (χ4n) is 0.473. The first kappa shape index (κ1) is 8.42. The maximum atomic E-state index is 5.03. The Balaban J connectivity index is 2.82. The quantitative estimate of drug-likeness (QED) is 0.223. The minimum absolute atomic E-state index is 0.842. The van der Waals surface area contributed by atoms with Crippen LogP contribution in [0.1, 0.15) is 12.8 Å². The second-order valence-electron chi connectivity index (χ2n) is 1.67. The summed E-state index contributed by atoms with van der Waals surface area (Å²) in [6.07, 6.45) is 5.69. The third-order valence-electron chi connectivity index (χ3n) is 0.906. The normalized spacial score (nSPS) is 10.4. The average molecular weight is 130 g/mol. The largest absolute Gasteiger partial charge is 0.332 e. The number of allylic oxidation sites excluding steroid dienone is 1. The van der Waals surface area contributed by atoms with Gasteiger partial charge in [0.05, 0.1) is 0 Å². The Morgan fingerprint density at radius 1 is 1.33 bits per heavy atom. The van der Waals surface area contributed by atoms with Crippen molar-refractivity contribution < 1.29 is 0 Å². The molecule has 9 heavy (non-hydrogen) atoms. The molecule has 4 heteroatoms. The fourth-order valence-corrected chi connectivity index (χ4v) is 0.473. The molecule has 0 aromatic heterocycles. The average Bonchev–Trinajstić information content (AvgIpc) is 1.89. The topological polar surface area (TPSA) is 76.1 Å². The summed E-state index contributed by atoms with van der Waals surface area (Å²) in [6.45, 7) is 0.842. The van der Waals surface area contributed by atoms with Crippen LogP contribution < -0.4 is 22.5 Å². The molecule has 0 aromatic carbocycles. The van der Waals surface area contributed by atoms with E-state index in [4.69, 9.17) is 11.7 Å². The van der Waals surface area contributed by atoms with Crippen LogP contribution in [0.4, 0.5) is 0 Å². The van der Waals surface area contributed by atoms with E-state index in [1.54, 1.807) is 6.20 Å². The molecule has 0 unspecified atom stereocenters. The highest BCUT2D eigenvalue weighted by Gasteiger charge is 1.78. The maximum absolute atomic E-state index is 5.03. The molecule has 0 fully saturated rings. The van der Waals surface area contributed by atoms with Gasteiger partial charge in [0.2, 0.25) is 0 Å². The third kappa shape index (κ3) is 7.42. The van der Waals surface area contributed by atoms with Crippen molar-refractivity contribution in [3.8, 4) is 0 Å². The van der Waals surface area contributed by atoms with Gasteiger partial charge in [0, 0.05) is 12.7 Å². The highest BCUT2D eigenvalue weighted by molar-refractivity contribution is 4.76. The monoisotopic (exact) mass is 130 g/mol. The van der Waals surface area contributed by atoms with Crippen LogP contribution in [0.15, 0.2) is 12.3 Å². The molecular weight excluding hydrogens is 116 g/mol. The molecule has 0 aliphatic heterocycles. The number of hydrogen-bond acceptors (Lipinski definition) is 4. The Morgan fingerprint density at radius 3 is 2.67 bits per heavy atom. The van der Waals surface area contributed by atoms with Crippen molar-refractivity contribution in [2.45, 2.75) is 12.8 Å². The van der Waals surface area contributed by atoms with Gasteiger partial charge in [0.25, 0.3) is 0 Å². The van der Waals surface area contributed by atoms with Gasteiger partial charge in [0.1, 0.15) is 0 Å². The molecule has 4 nitrogen and oxygen atoms in total. The van der Waals surface area contributed by atoms with Crippen molar-refractivity contribution in [1.82, 2.24) is 10.9 Å².